The maximum Gasteiger partial charge on any atom is 0.340 e. The third-order valence-electron chi connectivity index (χ3n) is 2.85. The van der Waals surface area contributed by atoms with Crippen LogP contribution in [-0.2, 0) is 4.74 Å². The summed E-state index contributed by atoms with van der Waals surface area (Å²) in [4.78, 5) is 11.6. The van der Waals surface area contributed by atoms with E-state index >= 15 is 0 Å². The number of hydrogen-bond donors (Lipinski definition) is 2. The lowest BCUT2D eigenvalue weighted by atomic mass is 10.1. The number of phenols is 1. The second-order valence-electron chi connectivity index (χ2n) is 4.06. The van der Waals surface area contributed by atoms with Gasteiger partial charge in [-0.3, -0.25) is 0 Å². The van der Waals surface area contributed by atoms with Gasteiger partial charge in [-0.2, -0.15) is 0 Å². The maximum atomic E-state index is 11.6. The average Bonchev–Trinajstić information content (AvgIpc) is 2.70. The molecule has 0 spiro atoms. The molecule has 0 radical (unpaired) electrons. The molecule has 3 rings (SSSR count). The molecule has 4 heteroatoms. The van der Waals surface area contributed by atoms with Crippen LogP contribution in [0.1, 0.15) is 22.1 Å². The molecule has 0 unspecified atom stereocenters. The molecule has 0 aliphatic carbocycles. The second kappa shape index (κ2) is 4.07. The summed E-state index contributed by atoms with van der Waals surface area (Å²) in [5.41, 5.74) is 2.20. The predicted molar refractivity (Wildman–Crippen MR) is 66.3 cm³/mol. The number of anilines is 1. The Hall–Kier alpha value is -2.49. The zero-order valence-corrected chi connectivity index (χ0v) is 9.46. The van der Waals surface area contributed by atoms with Crippen molar-refractivity contribution in [3.63, 3.8) is 0 Å². The van der Waals surface area contributed by atoms with Gasteiger partial charge in [0.25, 0.3) is 0 Å². The predicted octanol–water partition coefficient (Wildman–Crippen LogP) is 2.67. The smallest absolute Gasteiger partial charge is 0.340 e. The van der Waals surface area contributed by atoms with Gasteiger partial charge in [-0.15, -0.1) is 0 Å². The molecule has 4 nitrogen and oxygen atoms in total. The van der Waals surface area contributed by atoms with Gasteiger partial charge in [-0.1, -0.05) is 18.2 Å². The van der Waals surface area contributed by atoms with Crippen molar-refractivity contribution < 1.29 is 14.6 Å². The number of carbonyl (C=O) groups is 1. The summed E-state index contributed by atoms with van der Waals surface area (Å²) < 4.78 is 5.25. The van der Waals surface area contributed by atoms with Crippen molar-refractivity contribution in [2.75, 3.05) is 5.32 Å². The van der Waals surface area contributed by atoms with Crippen LogP contribution >= 0.6 is 0 Å². The summed E-state index contributed by atoms with van der Waals surface area (Å²) in [6.07, 6.45) is -0.474. The van der Waals surface area contributed by atoms with Gasteiger partial charge >= 0.3 is 5.97 Å². The van der Waals surface area contributed by atoms with E-state index < -0.39 is 6.23 Å². The number of nitrogens with one attached hydrogen (secondary N) is 1. The minimum Gasteiger partial charge on any atom is -0.508 e. The zero-order valence-electron chi connectivity index (χ0n) is 9.46. The van der Waals surface area contributed by atoms with Crippen LogP contribution in [0.15, 0.2) is 48.5 Å². The van der Waals surface area contributed by atoms with Crippen molar-refractivity contribution in [1.29, 1.82) is 0 Å². The minimum atomic E-state index is -0.474. The monoisotopic (exact) mass is 241 g/mol. The highest BCUT2D eigenvalue weighted by Crippen LogP contribution is 2.31. The van der Waals surface area contributed by atoms with E-state index in [0.29, 0.717) is 5.56 Å². The molecule has 1 aliphatic rings. The third-order valence-corrected chi connectivity index (χ3v) is 2.85. The summed E-state index contributed by atoms with van der Waals surface area (Å²) in [5, 5.41) is 12.3. The standard InChI is InChI=1S/C14H11NO3/c16-10-7-5-9(6-8-10)15-13-11-3-1-2-4-12(11)14(17)18-13/h1-8,13,15-16H/t13-/m0/s1. The average molecular weight is 241 g/mol. The molecule has 1 heterocycles. The molecule has 0 amide bonds. The SMILES string of the molecule is O=C1O[C@H](Nc2ccc(O)cc2)c2ccccc21. The van der Waals surface area contributed by atoms with E-state index in [1.54, 1.807) is 30.3 Å². The number of ether oxygens (including phenoxy) is 1. The Labute approximate surface area is 104 Å². The Kier molecular flexibility index (Phi) is 2.41. The molecular weight excluding hydrogens is 230 g/mol. The molecule has 0 saturated carbocycles. The molecule has 0 aromatic heterocycles. The van der Waals surface area contributed by atoms with Crippen LogP contribution in [0.5, 0.6) is 5.75 Å². The first-order valence-electron chi connectivity index (χ1n) is 5.59. The van der Waals surface area contributed by atoms with Crippen LogP contribution in [0.4, 0.5) is 5.69 Å². The molecule has 2 N–H and O–H groups in total. The van der Waals surface area contributed by atoms with Crippen LogP contribution in [0.25, 0.3) is 0 Å². The fourth-order valence-corrected chi connectivity index (χ4v) is 1.96. The summed E-state index contributed by atoms with van der Waals surface area (Å²) in [6, 6.07) is 13.9. The number of carbonyl (C=O) groups excluding carboxylic acids is 1. The van der Waals surface area contributed by atoms with Gasteiger partial charge < -0.3 is 15.2 Å². The molecule has 1 aliphatic heterocycles. The normalized spacial score (nSPS) is 17.1. The number of rotatable bonds is 2. The Morgan fingerprint density at radius 2 is 1.78 bits per heavy atom. The summed E-state index contributed by atoms with van der Waals surface area (Å²) in [5.74, 6) is -0.119. The van der Waals surface area contributed by atoms with Crippen LogP contribution in [-0.4, -0.2) is 11.1 Å². The maximum absolute atomic E-state index is 11.6. The highest BCUT2D eigenvalue weighted by atomic mass is 16.6. The highest BCUT2D eigenvalue weighted by Gasteiger charge is 2.30. The summed E-state index contributed by atoms with van der Waals surface area (Å²) in [6.45, 7) is 0. The molecule has 0 fully saturated rings. The van der Waals surface area contributed by atoms with Gasteiger partial charge in [0.2, 0.25) is 6.23 Å². The number of hydrogen-bond acceptors (Lipinski definition) is 4. The van der Waals surface area contributed by atoms with Crippen molar-refractivity contribution in [2.24, 2.45) is 0 Å². The quantitative estimate of drug-likeness (QED) is 0.627. The highest BCUT2D eigenvalue weighted by molar-refractivity contribution is 5.94. The number of cyclic esters (lactones) is 1. The Morgan fingerprint density at radius 3 is 2.56 bits per heavy atom. The van der Waals surface area contributed by atoms with E-state index in [0.717, 1.165) is 11.3 Å². The van der Waals surface area contributed by atoms with Crippen molar-refractivity contribution in [3.05, 3.63) is 59.7 Å². The number of benzene rings is 2. The molecular formula is C14H11NO3. The molecule has 1 atom stereocenters. The van der Waals surface area contributed by atoms with E-state index in [-0.39, 0.29) is 11.7 Å². The third kappa shape index (κ3) is 1.78. The molecule has 2 aromatic rings. The van der Waals surface area contributed by atoms with Gasteiger partial charge in [0.15, 0.2) is 0 Å². The number of fused-ring (bicyclic) bond motifs is 1. The second-order valence-corrected chi connectivity index (χ2v) is 4.06. The Morgan fingerprint density at radius 1 is 1.06 bits per heavy atom. The minimum absolute atomic E-state index is 0.198. The van der Waals surface area contributed by atoms with E-state index in [9.17, 15) is 9.90 Å². The van der Waals surface area contributed by atoms with E-state index in [4.69, 9.17) is 4.74 Å². The molecule has 0 saturated heterocycles. The molecule has 2 aromatic carbocycles. The molecule has 90 valence electrons. The molecule has 0 bridgehead atoms. The summed E-state index contributed by atoms with van der Waals surface area (Å²) in [7, 11) is 0. The van der Waals surface area contributed by atoms with E-state index in [1.165, 1.54) is 0 Å². The van der Waals surface area contributed by atoms with E-state index in [1.807, 2.05) is 18.2 Å². The zero-order chi connectivity index (χ0) is 12.5. The Balaban J connectivity index is 1.87. The molecule has 18 heavy (non-hydrogen) atoms. The Bertz CT molecular complexity index is 592. The lowest BCUT2D eigenvalue weighted by Crippen LogP contribution is -2.09. The largest absolute Gasteiger partial charge is 0.508 e. The van der Waals surface area contributed by atoms with Gasteiger partial charge in [0.05, 0.1) is 5.56 Å². The van der Waals surface area contributed by atoms with Crippen LogP contribution in [0.2, 0.25) is 0 Å². The number of esters is 1. The summed E-state index contributed by atoms with van der Waals surface area (Å²) >= 11 is 0. The van der Waals surface area contributed by atoms with Crippen LogP contribution < -0.4 is 5.32 Å². The van der Waals surface area contributed by atoms with Crippen molar-refractivity contribution in [1.82, 2.24) is 0 Å². The van der Waals surface area contributed by atoms with Gasteiger partial charge in [-0.25, -0.2) is 4.79 Å². The van der Waals surface area contributed by atoms with E-state index in [2.05, 4.69) is 5.32 Å². The lowest BCUT2D eigenvalue weighted by molar-refractivity contribution is 0.0437. The number of aromatic hydroxyl groups is 1. The van der Waals surface area contributed by atoms with Crippen LogP contribution in [0, 0.1) is 0 Å². The van der Waals surface area contributed by atoms with Crippen molar-refractivity contribution >= 4 is 11.7 Å². The fourth-order valence-electron chi connectivity index (χ4n) is 1.96. The first-order valence-corrected chi connectivity index (χ1v) is 5.59. The van der Waals surface area contributed by atoms with Gasteiger partial charge in [0, 0.05) is 11.3 Å². The topological polar surface area (TPSA) is 58.6 Å². The fraction of sp³-hybridized carbons (Fsp3) is 0.0714. The van der Waals surface area contributed by atoms with Crippen molar-refractivity contribution in [2.45, 2.75) is 6.23 Å². The lowest BCUT2D eigenvalue weighted by Gasteiger charge is -2.14. The van der Waals surface area contributed by atoms with Crippen molar-refractivity contribution in [3.8, 4) is 5.75 Å². The van der Waals surface area contributed by atoms with Gasteiger partial charge in [-0.05, 0) is 30.3 Å². The van der Waals surface area contributed by atoms with Gasteiger partial charge in [0.1, 0.15) is 5.75 Å². The van der Waals surface area contributed by atoms with Crippen LogP contribution in [0.3, 0.4) is 0 Å². The number of phenolic OH excluding ortho intramolecular Hbond substituents is 1. The first kappa shape index (κ1) is 10.7. The first-order chi connectivity index (χ1) is 8.74.